The van der Waals surface area contributed by atoms with Gasteiger partial charge in [0.25, 0.3) is 23.7 Å². The smallest absolute Gasteiger partial charge is 0.357 e. The van der Waals surface area contributed by atoms with Crippen LogP contribution in [0.1, 0.15) is 286 Å². The third kappa shape index (κ3) is 18.5. The maximum atomic E-state index is 14.2. The average molecular weight is 1650 g/mol. The van der Waals surface area contributed by atoms with E-state index in [1.165, 1.54) is 49.9 Å². The van der Waals surface area contributed by atoms with Crippen LogP contribution < -0.4 is 14.7 Å². The number of aromatic carboxylic acids is 3. The summed E-state index contributed by atoms with van der Waals surface area (Å²) in [6.45, 7) is 44.5. The number of carboxylic acids is 3. The van der Waals surface area contributed by atoms with E-state index in [0.717, 1.165) is 71.1 Å². The fraction of sp³-hybridized carbons (Fsp3) is 0.500. The normalized spacial score (nSPS) is 18.4. The van der Waals surface area contributed by atoms with Crippen molar-refractivity contribution in [3.05, 3.63) is 171 Å². The minimum Gasteiger partial charge on any atom is -0.477 e. The second-order valence-electron chi connectivity index (χ2n) is 39.2. The first-order valence-electron chi connectivity index (χ1n) is 41.1. The SMILES string of the molecule is CC(C)(C)c1cc(-c2ccc(Cl)c(F)c2)nc2cc(C(=O)N3CCN(c4cccc(C(=O)O)n4)CC3(C)C)oc12.CC1(C)CCC(c2cc(C(C)(C)C)c3oc(C(=O)N4CCN(c5cccc(C(=O)O)n5)CC4(C)C)cc3n2)CC1.CC1(C)CCC(c2cc(C(C)(C)C)c3oc(C(=O)N4CCN(c5nc(C(=O)O)co5)CC4(C)C)cc3n2)CC1. The number of halogens is 2. The number of carbonyl (C=O) groups excluding carboxylic acids is 3. The highest BCUT2D eigenvalue weighted by molar-refractivity contribution is 6.30. The van der Waals surface area contributed by atoms with Gasteiger partial charge < -0.3 is 62.4 Å². The second kappa shape index (κ2) is 32.1. The number of aromatic nitrogens is 6. The zero-order valence-electron chi connectivity index (χ0n) is 72.0. The van der Waals surface area contributed by atoms with E-state index in [2.05, 4.69) is 96.3 Å². The third-order valence-corrected chi connectivity index (χ3v) is 24.5. The third-order valence-electron chi connectivity index (χ3n) is 24.2. The fourth-order valence-electron chi connectivity index (χ4n) is 17.2. The van der Waals surface area contributed by atoms with E-state index in [9.17, 15) is 48.5 Å². The van der Waals surface area contributed by atoms with Gasteiger partial charge in [0, 0.05) is 123 Å². The molecule has 12 heterocycles. The lowest BCUT2D eigenvalue weighted by Crippen LogP contribution is -2.61. The fourth-order valence-corrected chi connectivity index (χ4v) is 17.3. The highest BCUT2D eigenvalue weighted by Gasteiger charge is 2.44. The quantitative estimate of drug-likeness (QED) is 0.102. The zero-order valence-corrected chi connectivity index (χ0v) is 72.7. The van der Waals surface area contributed by atoms with Crippen LogP contribution >= 0.6 is 11.6 Å². The van der Waals surface area contributed by atoms with Gasteiger partial charge in [0.2, 0.25) is 0 Å². The van der Waals surface area contributed by atoms with Crippen LogP contribution in [-0.2, 0) is 16.2 Å². The molecule has 3 saturated heterocycles. The molecule has 9 aromatic heterocycles. The Bertz CT molecular complexity index is 5560. The highest BCUT2D eigenvalue weighted by Crippen LogP contribution is 2.47. The summed E-state index contributed by atoms with van der Waals surface area (Å²) >= 11 is 5.88. The van der Waals surface area contributed by atoms with Crippen molar-refractivity contribution in [2.24, 2.45) is 10.8 Å². The monoisotopic (exact) mass is 1650 g/mol. The number of anilines is 3. The van der Waals surface area contributed by atoms with Crippen molar-refractivity contribution >= 4 is 98.2 Å². The Hall–Kier alpha value is -10.8. The van der Waals surface area contributed by atoms with E-state index in [1.807, 2.05) is 105 Å². The van der Waals surface area contributed by atoms with Gasteiger partial charge in [-0.05, 0) is 175 Å². The number of hydrogen-bond donors (Lipinski definition) is 3. The minimum absolute atomic E-state index is 0.00884. The number of piperazine rings is 3. The average Bonchev–Trinajstić information content (AvgIpc) is 1.70. The number of fused-ring (bicyclic) bond motifs is 3. The van der Waals surface area contributed by atoms with Crippen LogP contribution in [0.5, 0.6) is 0 Å². The van der Waals surface area contributed by atoms with Crippen molar-refractivity contribution < 1.29 is 66.1 Å². The molecule has 1 aromatic carbocycles. The molecule has 0 atom stereocenters. The molecule has 5 aliphatic rings. The molecule has 3 amide bonds. The number of amides is 3. The van der Waals surface area contributed by atoms with Crippen molar-refractivity contribution in [2.75, 3.05) is 73.6 Å². The van der Waals surface area contributed by atoms with Crippen molar-refractivity contribution in [3.8, 4) is 11.3 Å². The Morgan fingerprint density at radius 1 is 0.437 bits per heavy atom. The lowest BCUT2D eigenvalue weighted by atomic mass is 9.72. The van der Waals surface area contributed by atoms with Crippen LogP contribution in [-0.4, -0.2) is 171 Å². The standard InChI is InChI=1S/C32H42N4O4.C30H30ClFN4O4.C30H40N4O5/c1-30(2,3)21-17-23(20-11-13-31(4,5)14-12-20)33-24-18-25(40-27(21)24)28(37)36-16-15-35(19-32(36,6)7)26-10-8-9-22(34-26)29(38)39;1-29(2,3)18-14-22(17-9-10-19(31)20(32)13-17)33-23-15-24(40-26(18)23)27(37)36-12-11-35(16-30(36,4)5)25-8-6-7-21(34-25)28(38)39;1-28(2,3)19-14-20(18-8-10-29(4,5)11-9-18)31-21-15-23(39-24(19)21)25(35)34-13-12-33(17-30(34,6)7)27-32-22(16-38-27)26(36)37/h8-10,17-18,20H,11-16,19H2,1-7H3,(H,38,39);6-10,13-15H,11-12,16H2,1-5H3,(H,38,39);14-16,18H,8-13,17H2,1-7H3,(H,36,37). The van der Waals surface area contributed by atoms with Gasteiger partial charge in [0.1, 0.15) is 40.3 Å². The van der Waals surface area contributed by atoms with Crippen LogP contribution in [0.15, 0.2) is 115 Å². The topological polar surface area (TPSA) is 312 Å². The van der Waals surface area contributed by atoms with Gasteiger partial charge in [0.05, 0.1) is 27.3 Å². The van der Waals surface area contributed by atoms with Gasteiger partial charge in [-0.2, -0.15) is 4.98 Å². The van der Waals surface area contributed by atoms with Crippen LogP contribution in [0.4, 0.5) is 22.0 Å². The van der Waals surface area contributed by atoms with Crippen LogP contribution in [0.2, 0.25) is 5.02 Å². The predicted molar refractivity (Wildman–Crippen MR) is 456 cm³/mol. The number of pyridine rings is 5. The lowest BCUT2D eigenvalue weighted by Gasteiger charge is -2.47. The molecule has 15 rings (SSSR count). The minimum atomic E-state index is -1.14. The summed E-state index contributed by atoms with van der Waals surface area (Å²) in [5.41, 5.74) is 8.44. The molecular formula is C92H112ClFN12O13. The van der Waals surface area contributed by atoms with Crippen molar-refractivity contribution in [1.82, 2.24) is 44.6 Å². The second-order valence-corrected chi connectivity index (χ2v) is 39.6. The molecule has 632 valence electrons. The van der Waals surface area contributed by atoms with E-state index >= 15 is 0 Å². The lowest BCUT2D eigenvalue weighted by molar-refractivity contribution is 0.0472. The van der Waals surface area contributed by atoms with Crippen molar-refractivity contribution in [2.45, 2.75) is 228 Å². The number of hydrogen-bond acceptors (Lipinski definition) is 19. The number of oxazole rings is 1. The van der Waals surface area contributed by atoms with Gasteiger partial charge in [0.15, 0.2) is 51.1 Å². The van der Waals surface area contributed by atoms with E-state index in [0.29, 0.717) is 132 Å². The molecule has 5 fully saturated rings. The number of rotatable bonds is 12. The molecule has 3 N–H and O–H groups in total. The van der Waals surface area contributed by atoms with Crippen molar-refractivity contribution in [1.29, 1.82) is 0 Å². The summed E-state index contributed by atoms with van der Waals surface area (Å²) in [7, 11) is 0. The molecular weight excluding hydrogens is 1540 g/mol. The molecule has 0 radical (unpaired) electrons. The van der Waals surface area contributed by atoms with Gasteiger partial charge in [-0.25, -0.2) is 43.7 Å². The summed E-state index contributed by atoms with van der Waals surface area (Å²) in [6, 6.07) is 26.2. The molecule has 2 aliphatic carbocycles. The molecule has 0 unspecified atom stereocenters. The van der Waals surface area contributed by atoms with E-state index in [1.54, 1.807) is 41.3 Å². The number of carboxylic acid groups (broad SMARTS) is 3. The number of carbonyl (C=O) groups is 6. The molecule has 27 heteroatoms. The van der Waals surface area contributed by atoms with Gasteiger partial charge in [-0.3, -0.25) is 14.4 Å². The highest BCUT2D eigenvalue weighted by atomic mass is 35.5. The Morgan fingerprint density at radius 3 is 1.15 bits per heavy atom. The summed E-state index contributed by atoms with van der Waals surface area (Å²) in [6.07, 6.45) is 10.4. The van der Waals surface area contributed by atoms with Crippen LogP contribution in [0.3, 0.4) is 0 Å². The predicted octanol–water partition coefficient (Wildman–Crippen LogP) is 19.3. The summed E-state index contributed by atoms with van der Waals surface area (Å²) in [4.78, 5) is 114. The maximum absolute atomic E-state index is 14.2. The molecule has 2 saturated carbocycles. The molecule has 0 spiro atoms. The van der Waals surface area contributed by atoms with Crippen molar-refractivity contribution in [3.63, 3.8) is 0 Å². The first kappa shape index (κ1) is 86.1. The van der Waals surface area contributed by atoms with Crippen LogP contribution in [0, 0.1) is 16.6 Å². The van der Waals surface area contributed by atoms with E-state index in [4.69, 9.17) is 44.2 Å². The maximum Gasteiger partial charge on any atom is 0.357 e. The first-order chi connectivity index (χ1) is 55.5. The number of furan rings is 3. The van der Waals surface area contributed by atoms with E-state index in [-0.39, 0.29) is 73.6 Å². The Balaban J connectivity index is 0.000000155. The number of benzene rings is 1. The Labute approximate surface area is 699 Å². The summed E-state index contributed by atoms with van der Waals surface area (Å²) < 4.78 is 38.4. The van der Waals surface area contributed by atoms with Gasteiger partial charge in [-0.15, -0.1) is 0 Å². The van der Waals surface area contributed by atoms with Crippen LogP contribution in [0.25, 0.3) is 44.6 Å². The zero-order chi connectivity index (χ0) is 86.3. The Kier molecular flexibility index (Phi) is 23.2. The largest absolute Gasteiger partial charge is 0.477 e. The molecule has 0 bridgehead atoms. The Morgan fingerprint density at radius 2 is 0.798 bits per heavy atom. The molecule has 119 heavy (non-hydrogen) atoms. The molecule has 3 aliphatic heterocycles. The summed E-state index contributed by atoms with van der Waals surface area (Å²) in [5, 5.41) is 27.9. The van der Waals surface area contributed by atoms with Gasteiger partial charge >= 0.3 is 17.9 Å². The molecule has 10 aromatic rings. The summed E-state index contributed by atoms with van der Waals surface area (Å²) in [5.74, 6) is -1.68. The van der Waals surface area contributed by atoms with Gasteiger partial charge in [-0.1, -0.05) is 120 Å². The van der Waals surface area contributed by atoms with E-state index < -0.39 is 40.3 Å². The first-order valence-corrected chi connectivity index (χ1v) is 41.5. The number of nitrogens with zero attached hydrogens (tertiary/aromatic N) is 12. The molecule has 25 nitrogen and oxygen atoms in total.